The zero-order valence-corrected chi connectivity index (χ0v) is 18.2. The molecule has 3 aromatic heterocycles. The summed E-state index contributed by atoms with van der Waals surface area (Å²) in [5.74, 6) is 0.761. The Morgan fingerprint density at radius 2 is 1.87 bits per heavy atom. The van der Waals surface area contributed by atoms with E-state index in [4.69, 9.17) is 16.1 Å². The van der Waals surface area contributed by atoms with Crippen LogP contribution >= 0.6 is 22.9 Å². The zero-order valence-electron chi connectivity index (χ0n) is 16.6. The molecule has 5 aromatic rings. The van der Waals surface area contributed by atoms with Gasteiger partial charge in [-0.05, 0) is 36.6 Å². The van der Waals surface area contributed by atoms with Gasteiger partial charge in [0.05, 0.1) is 21.6 Å². The topological polar surface area (TPSA) is 73.8 Å². The summed E-state index contributed by atoms with van der Waals surface area (Å²) in [4.78, 5) is 23.6. The second-order valence-electron chi connectivity index (χ2n) is 7.12. The van der Waals surface area contributed by atoms with Gasteiger partial charge in [-0.15, -0.1) is 11.3 Å². The van der Waals surface area contributed by atoms with Crippen LogP contribution in [0.1, 0.15) is 11.1 Å². The van der Waals surface area contributed by atoms with Gasteiger partial charge in [-0.3, -0.25) is 9.36 Å². The predicted octanol–water partition coefficient (Wildman–Crippen LogP) is 5.38. The highest BCUT2D eigenvalue weighted by atomic mass is 35.5. The van der Waals surface area contributed by atoms with E-state index in [1.165, 1.54) is 16.9 Å². The van der Waals surface area contributed by atoms with Gasteiger partial charge in [0, 0.05) is 12.1 Å². The first-order valence-electron chi connectivity index (χ1n) is 9.73. The van der Waals surface area contributed by atoms with E-state index in [1.54, 1.807) is 17.0 Å². The van der Waals surface area contributed by atoms with Gasteiger partial charge >= 0.3 is 0 Å². The highest BCUT2D eigenvalue weighted by molar-refractivity contribution is 7.22. The SMILES string of the molecule is Cc1c(-c2nc(-c3ccccc3Cl)no2)sc2ncn(CCc3ccccc3)c(=O)c12. The molecule has 154 valence electrons. The Hall–Kier alpha value is -3.29. The molecule has 31 heavy (non-hydrogen) atoms. The number of thiophene rings is 1. The van der Waals surface area contributed by atoms with Crippen molar-refractivity contribution >= 4 is 33.2 Å². The second-order valence-corrected chi connectivity index (χ2v) is 8.52. The van der Waals surface area contributed by atoms with Gasteiger partial charge in [-0.1, -0.05) is 59.2 Å². The fourth-order valence-corrected chi connectivity index (χ4v) is 4.77. The maximum absolute atomic E-state index is 13.1. The molecule has 0 bridgehead atoms. The highest BCUT2D eigenvalue weighted by Crippen LogP contribution is 2.36. The average Bonchev–Trinajstić information content (AvgIpc) is 3.39. The molecule has 0 aliphatic carbocycles. The Morgan fingerprint density at radius 3 is 2.68 bits per heavy atom. The monoisotopic (exact) mass is 448 g/mol. The molecule has 0 spiro atoms. The van der Waals surface area contributed by atoms with Crippen LogP contribution in [-0.4, -0.2) is 19.7 Å². The number of benzene rings is 2. The van der Waals surface area contributed by atoms with Crippen molar-refractivity contribution < 1.29 is 4.52 Å². The number of hydrogen-bond acceptors (Lipinski definition) is 6. The van der Waals surface area contributed by atoms with Crippen LogP contribution in [0.25, 0.3) is 32.4 Å². The summed E-state index contributed by atoms with van der Waals surface area (Å²) in [7, 11) is 0. The molecule has 0 aliphatic rings. The lowest BCUT2D eigenvalue weighted by atomic mass is 10.1. The van der Waals surface area contributed by atoms with E-state index in [-0.39, 0.29) is 5.56 Å². The number of aryl methyl sites for hydroxylation is 3. The number of aromatic nitrogens is 4. The fraction of sp³-hybridized carbons (Fsp3) is 0.130. The molecule has 0 N–H and O–H groups in total. The molecule has 0 atom stereocenters. The quantitative estimate of drug-likeness (QED) is 0.361. The van der Waals surface area contributed by atoms with Crippen LogP contribution in [0.2, 0.25) is 5.02 Å². The number of nitrogens with zero attached hydrogens (tertiary/aromatic N) is 4. The molecule has 0 saturated carbocycles. The molecule has 0 saturated heterocycles. The standard InChI is InChI=1S/C23H17ClN4O2S/c1-14-18-22(25-13-28(23(18)29)12-11-15-7-3-2-4-8-15)31-19(14)21-26-20(27-30-21)16-9-5-6-10-17(16)24/h2-10,13H,11-12H2,1H3. The van der Waals surface area contributed by atoms with Crippen LogP contribution in [0.4, 0.5) is 0 Å². The summed E-state index contributed by atoms with van der Waals surface area (Å²) in [6.07, 6.45) is 2.37. The fourth-order valence-electron chi connectivity index (χ4n) is 3.48. The minimum atomic E-state index is -0.0632. The maximum atomic E-state index is 13.1. The number of hydrogen-bond donors (Lipinski definition) is 0. The highest BCUT2D eigenvalue weighted by Gasteiger charge is 2.21. The van der Waals surface area contributed by atoms with Crippen molar-refractivity contribution in [2.45, 2.75) is 19.9 Å². The molecule has 3 heterocycles. The Kier molecular flexibility index (Phi) is 5.13. The number of fused-ring (bicyclic) bond motifs is 1. The van der Waals surface area contributed by atoms with E-state index in [2.05, 4.69) is 27.3 Å². The summed E-state index contributed by atoms with van der Waals surface area (Å²) >= 11 is 7.62. The second kappa shape index (κ2) is 8.09. The Labute approximate surface area is 186 Å². The molecule has 0 radical (unpaired) electrons. The Balaban J connectivity index is 1.50. The van der Waals surface area contributed by atoms with E-state index in [9.17, 15) is 4.79 Å². The number of halogens is 1. The van der Waals surface area contributed by atoms with Crippen molar-refractivity contribution in [2.24, 2.45) is 0 Å². The molecular weight excluding hydrogens is 432 g/mol. The summed E-state index contributed by atoms with van der Waals surface area (Å²) < 4.78 is 7.15. The molecule has 0 unspecified atom stereocenters. The lowest BCUT2D eigenvalue weighted by Gasteiger charge is -2.05. The van der Waals surface area contributed by atoms with E-state index >= 15 is 0 Å². The summed E-state index contributed by atoms with van der Waals surface area (Å²) in [6.45, 7) is 2.45. The van der Waals surface area contributed by atoms with E-state index in [0.29, 0.717) is 39.1 Å². The van der Waals surface area contributed by atoms with Crippen LogP contribution in [0, 0.1) is 6.92 Å². The molecule has 5 rings (SSSR count). The van der Waals surface area contributed by atoms with E-state index < -0.39 is 0 Å². The van der Waals surface area contributed by atoms with E-state index in [0.717, 1.165) is 16.9 Å². The largest absolute Gasteiger partial charge is 0.333 e. The van der Waals surface area contributed by atoms with Gasteiger partial charge in [0.2, 0.25) is 5.82 Å². The van der Waals surface area contributed by atoms with E-state index in [1.807, 2.05) is 43.3 Å². The van der Waals surface area contributed by atoms with Gasteiger partial charge in [0.15, 0.2) is 0 Å². The van der Waals surface area contributed by atoms with Gasteiger partial charge in [-0.25, -0.2) is 4.98 Å². The third-order valence-corrected chi connectivity index (χ3v) is 6.65. The molecule has 0 aliphatic heterocycles. The van der Waals surface area contributed by atoms with Crippen molar-refractivity contribution in [3.05, 3.63) is 87.4 Å². The third-order valence-electron chi connectivity index (χ3n) is 5.14. The van der Waals surface area contributed by atoms with Crippen LogP contribution < -0.4 is 5.56 Å². The van der Waals surface area contributed by atoms with Crippen LogP contribution in [0.3, 0.4) is 0 Å². The zero-order chi connectivity index (χ0) is 21.4. The molecule has 0 amide bonds. The van der Waals surface area contributed by atoms with Gasteiger partial charge in [-0.2, -0.15) is 4.98 Å². The summed E-state index contributed by atoms with van der Waals surface area (Å²) in [5, 5.41) is 5.21. The lowest BCUT2D eigenvalue weighted by Crippen LogP contribution is -2.21. The van der Waals surface area contributed by atoms with Gasteiger partial charge < -0.3 is 4.52 Å². The van der Waals surface area contributed by atoms with Crippen molar-refractivity contribution in [3.8, 4) is 22.2 Å². The minimum Gasteiger partial charge on any atom is -0.333 e. The van der Waals surface area contributed by atoms with Crippen LogP contribution in [-0.2, 0) is 13.0 Å². The Bertz CT molecular complexity index is 1440. The van der Waals surface area contributed by atoms with Crippen molar-refractivity contribution in [3.63, 3.8) is 0 Å². The van der Waals surface area contributed by atoms with Crippen molar-refractivity contribution in [2.75, 3.05) is 0 Å². The molecule has 2 aromatic carbocycles. The van der Waals surface area contributed by atoms with Crippen molar-refractivity contribution in [1.82, 2.24) is 19.7 Å². The molecule has 6 nitrogen and oxygen atoms in total. The predicted molar refractivity (Wildman–Crippen MR) is 123 cm³/mol. The average molecular weight is 449 g/mol. The normalized spacial score (nSPS) is 11.3. The smallest absolute Gasteiger partial charge is 0.268 e. The Morgan fingerprint density at radius 1 is 1.10 bits per heavy atom. The third kappa shape index (κ3) is 3.66. The molecular formula is C23H17ClN4O2S. The van der Waals surface area contributed by atoms with Gasteiger partial charge in [0.25, 0.3) is 11.4 Å². The minimum absolute atomic E-state index is 0.0632. The number of rotatable bonds is 5. The molecule has 0 fully saturated rings. The molecule has 8 heteroatoms. The van der Waals surface area contributed by atoms with Crippen molar-refractivity contribution in [1.29, 1.82) is 0 Å². The summed E-state index contributed by atoms with van der Waals surface area (Å²) in [5.41, 5.74) is 2.60. The first-order valence-corrected chi connectivity index (χ1v) is 10.9. The van der Waals surface area contributed by atoms with Crippen LogP contribution in [0.15, 0.2) is 70.2 Å². The maximum Gasteiger partial charge on any atom is 0.268 e. The van der Waals surface area contributed by atoms with Crippen LogP contribution in [0.5, 0.6) is 0 Å². The first kappa shape index (κ1) is 19.7. The van der Waals surface area contributed by atoms with Gasteiger partial charge in [0.1, 0.15) is 4.83 Å². The lowest BCUT2D eigenvalue weighted by molar-refractivity contribution is 0.433. The first-order chi connectivity index (χ1) is 15.1. The summed E-state index contributed by atoms with van der Waals surface area (Å²) in [6, 6.07) is 17.4.